The maximum Gasteiger partial charge on any atom is 0.333 e. The van der Waals surface area contributed by atoms with Crippen LogP contribution in [0.4, 0.5) is 0 Å². The third-order valence-corrected chi connectivity index (χ3v) is 3.58. The average molecular weight is 193 g/mol. The van der Waals surface area contributed by atoms with E-state index in [-0.39, 0.29) is 16.9 Å². The van der Waals surface area contributed by atoms with Crippen molar-refractivity contribution in [2.75, 3.05) is 0 Å². The van der Waals surface area contributed by atoms with Crippen molar-refractivity contribution in [3.63, 3.8) is 0 Å². The number of hydrogen-bond acceptors (Lipinski definition) is 3. The summed E-state index contributed by atoms with van der Waals surface area (Å²) in [5.74, 6) is 0. The molecule has 0 radical (unpaired) electrons. The molecule has 0 aromatic carbocycles. The summed E-state index contributed by atoms with van der Waals surface area (Å²) < 4.78 is 26.0. The predicted octanol–water partition coefficient (Wildman–Crippen LogP) is 0.641. The van der Waals surface area contributed by atoms with Gasteiger partial charge in [-0.15, -0.1) is 0 Å². The first kappa shape index (κ1) is 9.95. The van der Waals surface area contributed by atoms with Gasteiger partial charge in [-0.2, -0.15) is 8.42 Å². The third-order valence-electron chi connectivity index (χ3n) is 3.12. The lowest BCUT2D eigenvalue weighted by atomic mass is 10.0. The van der Waals surface area contributed by atoms with Crippen LogP contribution in [0.25, 0.3) is 0 Å². The van der Waals surface area contributed by atoms with Crippen LogP contribution in [-0.2, 0) is 14.5 Å². The Morgan fingerprint density at radius 1 is 1.17 bits per heavy atom. The molecule has 0 unspecified atom stereocenters. The molecule has 0 amide bonds. The van der Waals surface area contributed by atoms with Gasteiger partial charge in [0.05, 0.1) is 6.10 Å². The summed E-state index contributed by atoms with van der Waals surface area (Å²) in [6.45, 7) is 7.84. The van der Waals surface area contributed by atoms with E-state index in [4.69, 9.17) is 9.32 Å². The molecule has 0 aromatic heterocycles. The second-order valence-electron chi connectivity index (χ2n) is 4.41. The lowest BCUT2D eigenvalue weighted by molar-refractivity contribution is 0.252. The van der Waals surface area contributed by atoms with Crippen molar-refractivity contribution >= 4 is 10.3 Å². The smallest absolute Gasteiger partial charge is 0.254 e. The van der Waals surface area contributed by atoms with E-state index < -0.39 is 10.3 Å². The number of hydrogen-bond donors (Lipinski definition) is 1. The summed E-state index contributed by atoms with van der Waals surface area (Å²) >= 11 is 0. The Kier molecular flexibility index (Phi) is 1.84. The minimum atomic E-state index is -3.80. The molecule has 1 saturated carbocycles. The van der Waals surface area contributed by atoms with Gasteiger partial charge in [0.15, 0.2) is 0 Å². The Balaban J connectivity index is 2.74. The summed E-state index contributed by atoms with van der Waals surface area (Å²) in [7, 11) is -3.80. The van der Waals surface area contributed by atoms with Gasteiger partial charge in [-0.25, -0.2) is 5.14 Å². The van der Waals surface area contributed by atoms with E-state index in [0.29, 0.717) is 0 Å². The van der Waals surface area contributed by atoms with Crippen LogP contribution in [0.3, 0.4) is 0 Å². The molecule has 0 bridgehead atoms. The van der Waals surface area contributed by atoms with E-state index in [1.807, 2.05) is 27.7 Å². The van der Waals surface area contributed by atoms with Crippen molar-refractivity contribution in [3.8, 4) is 0 Å². The normalized spacial score (nSPS) is 27.1. The predicted molar refractivity (Wildman–Crippen MR) is 45.5 cm³/mol. The Morgan fingerprint density at radius 2 is 1.50 bits per heavy atom. The van der Waals surface area contributed by atoms with Crippen LogP contribution in [0.2, 0.25) is 0 Å². The minimum absolute atomic E-state index is 0.112. The average Bonchev–Trinajstić information content (AvgIpc) is 2.09. The van der Waals surface area contributed by atoms with Crippen LogP contribution in [0, 0.1) is 10.8 Å². The molecule has 1 rings (SSSR count). The first-order valence-electron chi connectivity index (χ1n) is 3.80. The van der Waals surface area contributed by atoms with Gasteiger partial charge in [-0.05, 0) is 0 Å². The fraction of sp³-hybridized carbons (Fsp3) is 1.00. The Morgan fingerprint density at radius 3 is 1.58 bits per heavy atom. The molecule has 1 fully saturated rings. The molecule has 5 heteroatoms. The summed E-state index contributed by atoms with van der Waals surface area (Å²) in [5, 5.41) is 4.77. The highest BCUT2D eigenvalue weighted by Crippen LogP contribution is 2.64. The fourth-order valence-corrected chi connectivity index (χ4v) is 2.26. The largest absolute Gasteiger partial charge is 0.333 e. The molecule has 1 aliphatic carbocycles. The molecule has 0 spiro atoms. The molecule has 0 saturated heterocycles. The van der Waals surface area contributed by atoms with Crippen molar-refractivity contribution in [3.05, 3.63) is 0 Å². The SMILES string of the molecule is CC1(C)C(OS(N)(=O)=O)C1(C)C. The van der Waals surface area contributed by atoms with E-state index in [1.165, 1.54) is 0 Å². The van der Waals surface area contributed by atoms with Crippen molar-refractivity contribution < 1.29 is 12.6 Å². The van der Waals surface area contributed by atoms with Gasteiger partial charge >= 0.3 is 10.3 Å². The van der Waals surface area contributed by atoms with Gasteiger partial charge in [0.2, 0.25) is 0 Å². The third kappa shape index (κ3) is 1.36. The minimum Gasteiger partial charge on any atom is -0.254 e. The van der Waals surface area contributed by atoms with E-state index in [0.717, 1.165) is 0 Å². The van der Waals surface area contributed by atoms with E-state index >= 15 is 0 Å². The zero-order valence-electron chi connectivity index (χ0n) is 7.79. The maximum absolute atomic E-state index is 10.6. The highest BCUT2D eigenvalue weighted by atomic mass is 32.2. The van der Waals surface area contributed by atoms with Crippen molar-refractivity contribution in [1.29, 1.82) is 0 Å². The lowest BCUT2D eigenvalue weighted by Crippen LogP contribution is -2.19. The van der Waals surface area contributed by atoms with Crippen molar-refractivity contribution in [1.82, 2.24) is 0 Å². The van der Waals surface area contributed by atoms with E-state index in [1.54, 1.807) is 0 Å². The van der Waals surface area contributed by atoms with Crippen LogP contribution in [0.1, 0.15) is 27.7 Å². The van der Waals surface area contributed by atoms with E-state index in [9.17, 15) is 8.42 Å². The Bertz CT molecular complexity index is 278. The van der Waals surface area contributed by atoms with Crippen molar-refractivity contribution in [2.45, 2.75) is 33.8 Å². The quantitative estimate of drug-likeness (QED) is 0.699. The molecular weight excluding hydrogens is 178 g/mol. The highest BCUT2D eigenvalue weighted by Gasteiger charge is 2.67. The van der Waals surface area contributed by atoms with Crippen molar-refractivity contribution in [2.24, 2.45) is 16.0 Å². The Labute approximate surface area is 73.3 Å². The summed E-state index contributed by atoms with van der Waals surface area (Å²) in [4.78, 5) is 0. The van der Waals surface area contributed by atoms with Gasteiger partial charge in [0.1, 0.15) is 0 Å². The molecule has 0 heterocycles. The van der Waals surface area contributed by atoms with Gasteiger partial charge in [0, 0.05) is 10.8 Å². The zero-order chi connectivity index (χ0) is 9.78. The second kappa shape index (κ2) is 2.21. The van der Waals surface area contributed by atoms with Crippen LogP contribution >= 0.6 is 0 Å². The summed E-state index contributed by atoms with van der Waals surface area (Å²) in [6.07, 6.45) is -0.292. The fourth-order valence-electron chi connectivity index (χ4n) is 1.51. The topological polar surface area (TPSA) is 69.4 Å². The van der Waals surface area contributed by atoms with Crippen LogP contribution in [0.5, 0.6) is 0 Å². The van der Waals surface area contributed by atoms with E-state index in [2.05, 4.69) is 0 Å². The van der Waals surface area contributed by atoms with Gasteiger partial charge < -0.3 is 0 Å². The Hall–Kier alpha value is -0.130. The lowest BCUT2D eigenvalue weighted by Gasteiger charge is -2.02. The molecule has 0 atom stereocenters. The molecular formula is C7H15NO3S. The van der Waals surface area contributed by atoms with Gasteiger partial charge in [-0.1, -0.05) is 27.7 Å². The maximum atomic E-state index is 10.6. The summed E-state index contributed by atoms with van der Waals surface area (Å²) in [5.41, 5.74) is -0.223. The molecule has 4 nitrogen and oxygen atoms in total. The van der Waals surface area contributed by atoms with Gasteiger partial charge in [0.25, 0.3) is 0 Å². The van der Waals surface area contributed by atoms with Gasteiger partial charge in [-0.3, -0.25) is 4.18 Å². The first-order valence-corrected chi connectivity index (χ1v) is 5.27. The molecule has 2 N–H and O–H groups in total. The molecule has 12 heavy (non-hydrogen) atoms. The standard InChI is InChI=1S/C7H15NO3S/c1-6(2)5(7(6,3)4)11-12(8,9)10/h5H,1-4H3,(H2,8,9,10). The number of nitrogens with two attached hydrogens (primary N) is 1. The molecule has 72 valence electrons. The first-order chi connectivity index (χ1) is 5.09. The van der Waals surface area contributed by atoms with Crippen LogP contribution in [-0.4, -0.2) is 14.5 Å². The monoisotopic (exact) mass is 193 g/mol. The number of rotatable bonds is 2. The summed E-state index contributed by atoms with van der Waals surface area (Å²) in [6, 6.07) is 0. The van der Waals surface area contributed by atoms with Crippen LogP contribution in [0.15, 0.2) is 0 Å². The zero-order valence-corrected chi connectivity index (χ0v) is 8.60. The second-order valence-corrected chi connectivity index (χ2v) is 5.59. The molecule has 1 aliphatic rings. The molecule has 0 aliphatic heterocycles. The van der Waals surface area contributed by atoms with Crippen LogP contribution < -0.4 is 5.14 Å². The molecule has 0 aromatic rings. The highest BCUT2D eigenvalue weighted by molar-refractivity contribution is 7.84.